The second kappa shape index (κ2) is 7.53. The van der Waals surface area contributed by atoms with Crippen LogP contribution in [0.2, 0.25) is 0 Å². The number of fused-ring (bicyclic) bond motifs is 1. The van der Waals surface area contributed by atoms with Crippen molar-refractivity contribution in [3.05, 3.63) is 23.3 Å². The fraction of sp³-hybridized carbons (Fsp3) is 0.647. The van der Waals surface area contributed by atoms with Gasteiger partial charge in [0.15, 0.2) is 0 Å². The first-order chi connectivity index (χ1) is 10.2. The molecule has 4 N–H and O–H groups in total. The predicted octanol–water partition coefficient (Wildman–Crippen LogP) is 3.13. The zero-order valence-corrected chi connectivity index (χ0v) is 14.0. The van der Waals surface area contributed by atoms with Crippen LogP contribution in [-0.2, 0) is 6.42 Å². The number of hydrogen-bond donors (Lipinski definition) is 4. The lowest BCUT2D eigenvalue weighted by molar-refractivity contribution is 0.104. The molecule has 0 aromatic heterocycles. The van der Waals surface area contributed by atoms with Crippen molar-refractivity contribution in [1.82, 2.24) is 5.32 Å². The third kappa shape index (κ3) is 3.34. The van der Waals surface area contributed by atoms with E-state index in [4.69, 9.17) is 0 Å². The Morgan fingerprint density at radius 2 is 1.82 bits per heavy atom. The van der Waals surface area contributed by atoms with E-state index in [2.05, 4.69) is 10.6 Å². The van der Waals surface area contributed by atoms with E-state index in [1.54, 1.807) is 6.07 Å². The fourth-order valence-corrected chi connectivity index (χ4v) is 3.90. The van der Waals surface area contributed by atoms with Crippen LogP contribution >= 0.6 is 12.4 Å². The van der Waals surface area contributed by atoms with Crippen LogP contribution in [0.3, 0.4) is 0 Å². The van der Waals surface area contributed by atoms with Crippen molar-refractivity contribution in [1.29, 1.82) is 0 Å². The van der Waals surface area contributed by atoms with Gasteiger partial charge >= 0.3 is 0 Å². The summed E-state index contributed by atoms with van der Waals surface area (Å²) in [6, 6.07) is 4.23. The van der Waals surface area contributed by atoms with Crippen molar-refractivity contribution >= 4 is 18.1 Å². The van der Waals surface area contributed by atoms with Crippen LogP contribution in [0.15, 0.2) is 12.1 Å². The summed E-state index contributed by atoms with van der Waals surface area (Å²) in [7, 11) is 1.81. The summed E-state index contributed by atoms with van der Waals surface area (Å²) in [5, 5.41) is 27.3. The minimum Gasteiger partial charge on any atom is -0.506 e. The molecular weight excluding hydrogens is 300 g/mol. The number of hydrogen-bond acceptors (Lipinski definition) is 4. The SMILES string of the molecule is CNc1c(O)ccc2c1CCC(NC1CCCCC1)C2O.Cl. The van der Waals surface area contributed by atoms with E-state index in [1.165, 1.54) is 32.1 Å². The second-order valence-electron chi connectivity index (χ2n) is 6.37. The smallest absolute Gasteiger partial charge is 0.138 e. The van der Waals surface area contributed by atoms with Crippen molar-refractivity contribution in [2.24, 2.45) is 0 Å². The number of anilines is 1. The lowest BCUT2D eigenvalue weighted by atomic mass is 9.83. The molecule has 2 atom stereocenters. The first kappa shape index (κ1) is 17.4. The molecule has 3 rings (SSSR count). The maximum Gasteiger partial charge on any atom is 0.138 e. The highest BCUT2D eigenvalue weighted by Gasteiger charge is 2.31. The minimum atomic E-state index is -0.483. The molecule has 1 aromatic rings. The van der Waals surface area contributed by atoms with Crippen molar-refractivity contribution in [3.8, 4) is 5.75 Å². The molecule has 124 valence electrons. The normalized spacial score (nSPS) is 25.2. The monoisotopic (exact) mass is 326 g/mol. The average Bonchev–Trinajstić information content (AvgIpc) is 2.51. The van der Waals surface area contributed by atoms with E-state index < -0.39 is 6.10 Å². The molecule has 0 bridgehead atoms. The molecule has 2 unspecified atom stereocenters. The topological polar surface area (TPSA) is 64.5 Å². The summed E-state index contributed by atoms with van der Waals surface area (Å²) < 4.78 is 0. The van der Waals surface area contributed by atoms with Gasteiger partial charge < -0.3 is 20.8 Å². The van der Waals surface area contributed by atoms with Crippen LogP contribution < -0.4 is 10.6 Å². The summed E-state index contributed by atoms with van der Waals surface area (Å²) in [5.74, 6) is 0.266. The van der Waals surface area contributed by atoms with Gasteiger partial charge in [-0.15, -0.1) is 12.4 Å². The zero-order valence-electron chi connectivity index (χ0n) is 13.1. The molecule has 0 aliphatic heterocycles. The first-order valence-corrected chi connectivity index (χ1v) is 8.17. The molecule has 1 fully saturated rings. The van der Waals surface area contributed by atoms with E-state index in [0.29, 0.717) is 6.04 Å². The maximum atomic E-state index is 10.7. The van der Waals surface area contributed by atoms with Crippen LogP contribution in [0.4, 0.5) is 5.69 Å². The zero-order chi connectivity index (χ0) is 14.8. The first-order valence-electron chi connectivity index (χ1n) is 8.17. The number of aliphatic hydroxyl groups is 1. The quantitative estimate of drug-likeness (QED) is 0.644. The van der Waals surface area contributed by atoms with E-state index in [-0.39, 0.29) is 24.2 Å². The number of halogens is 1. The van der Waals surface area contributed by atoms with E-state index in [0.717, 1.165) is 29.7 Å². The number of aliphatic hydroxyl groups excluding tert-OH is 1. The molecule has 4 nitrogen and oxygen atoms in total. The number of phenolic OH excluding ortho intramolecular Hbond substituents is 1. The van der Waals surface area contributed by atoms with Crippen molar-refractivity contribution in [2.45, 2.75) is 63.1 Å². The highest BCUT2D eigenvalue weighted by Crippen LogP contribution is 2.39. The lowest BCUT2D eigenvalue weighted by Crippen LogP contribution is -2.45. The summed E-state index contributed by atoms with van der Waals surface area (Å²) >= 11 is 0. The Bertz CT molecular complexity index is 504. The van der Waals surface area contributed by atoms with E-state index in [1.807, 2.05) is 13.1 Å². The number of nitrogens with one attached hydrogen (secondary N) is 2. The molecule has 1 aromatic carbocycles. The van der Waals surface area contributed by atoms with E-state index in [9.17, 15) is 10.2 Å². The molecule has 0 spiro atoms. The Morgan fingerprint density at radius 1 is 1.09 bits per heavy atom. The Balaban J connectivity index is 0.00000176. The Labute approximate surface area is 138 Å². The summed E-state index contributed by atoms with van der Waals surface area (Å²) in [4.78, 5) is 0. The molecule has 0 saturated heterocycles. The summed E-state index contributed by atoms with van der Waals surface area (Å²) in [6.07, 6.45) is 7.73. The second-order valence-corrected chi connectivity index (χ2v) is 6.37. The molecule has 2 aliphatic rings. The fourth-order valence-electron chi connectivity index (χ4n) is 3.90. The molecule has 0 heterocycles. The molecule has 0 amide bonds. The number of rotatable bonds is 3. The van der Waals surface area contributed by atoms with Gasteiger partial charge in [-0.3, -0.25) is 0 Å². The van der Waals surface area contributed by atoms with Gasteiger partial charge in [-0.05, 0) is 42.9 Å². The van der Waals surface area contributed by atoms with Crippen molar-refractivity contribution in [3.63, 3.8) is 0 Å². The highest BCUT2D eigenvalue weighted by atomic mass is 35.5. The van der Waals surface area contributed by atoms with Gasteiger partial charge in [-0.25, -0.2) is 0 Å². The molecule has 2 aliphatic carbocycles. The van der Waals surface area contributed by atoms with Crippen molar-refractivity contribution in [2.75, 3.05) is 12.4 Å². The number of aromatic hydroxyl groups is 1. The molecular formula is C17H27ClN2O2. The van der Waals surface area contributed by atoms with Gasteiger partial charge in [0.2, 0.25) is 0 Å². The Morgan fingerprint density at radius 3 is 2.50 bits per heavy atom. The van der Waals surface area contributed by atoms with Crippen LogP contribution in [0.5, 0.6) is 5.75 Å². The maximum absolute atomic E-state index is 10.7. The van der Waals surface area contributed by atoms with Gasteiger partial charge in [-0.1, -0.05) is 25.3 Å². The largest absolute Gasteiger partial charge is 0.506 e. The van der Waals surface area contributed by atoms with Crippen LogP contribution in [0.25, 0.3) is 0 Å². The Kier molecular flexibility index (Phi) is 5.95. The highest BCUT2D eigenvalue weighted by molar-refractivity contribution is 5.85. The van der Waals surface area contributed by atoms with Gasteiger partial charge in [0.25, 0.3) is 0 Å². The predicted molar refractivity (Wildman–Crippen MR) is 92.0 cm³/mol. The number of phenols is 1. The lowest BCUT2D eigenvalue weighted by Gasteiger charge is -2.36. The van der Waals surface area contributed by atoms with Crippen LogP contribution in [0, 0.1) is 0 Å². The van der Waals surface area contributed by atoms with Crippen LogP contribution in [-0.4, -0.2) is 29.3 Å². The molecule has 5 heteroatoms. The third-order valence-corrected chi connectivity index (χ3v) is 5.04. The Hall–Kier alpha value is -0.970. The molecule has 22 heavy (non-hydrogen) atoms. The molecule has 1 saturated carbocycles. The average molecular weight is 327 g/mol. The standard InChI is InChI=1S/C17H26N2O2.ClH/c1-18-16-12-7-9-14(19-11-5-3-2-4-6-11)17(21)13(12)8-10-15(16)20;/h8,10-11,14,17-21H,2-7,9H2,1H3;1H. The summed E-state index contributed by atoms with van der Waals surface area (Å²) in [5.41, 5.74) is 2.78. The minimum absolute atomic E-state index is 0. The summed E-state index contributed by atoms with van der Waals surface area (Å²) in [6.45, 7) is 0. The van der Waals surface area contributed by atoms with Gasteiger partial charge in [0, 0.05) is 19.1 Å². The van der Waals surface area contributed by atoms with Gasteiger partial charge in [0.05, 0.1) is 11.8 Å². The van der Waals surface area contributed by atoms with Crippen molar-refractivity contribution < 1.29 is 10.2 Å². The van der Waals surface area contributed by atoms with Gasteiger partial charge in [0.1, 0.15) is 5.75 Å². The number of benzene rings is 1. The van der Waals surface area contributed by atoms with E-state index >= 15 is 0 Å². The third-order valence-electron chi connectivity index (χ3n) is 5.04. The van der Waals surface area contributed by atoms with Gasteiger partial charge in [-0.2, -0.15) is 0 Å². The molecule has 0 radical (unpaired) electrons. The van der Waals surface area contributed by atoms with Crippen LogP contribution in [0.1, 0.15) is 55.8 Å².